The highest BCUT2D eigenvalue weighted by molar-refractivity contribution is 6.30. The first-order chi connectivity index (χ1) is 15.7. The van der Waals surface area contributed by atoms with E-state index in [1.807, 2.05) is 0 Å². The molecule has 1 aromatic heterocycles. The van der Waals surface area contributed by atoms with Crippen LogP contribution < -0.4 is 10.6 Å². The van der Waals surface area contributed by atoms with Gasteiger partial charge in [-0.05, 0) is 42.8 Å². The summed E-state index contributed by atoms with van der Waals surface area (Å²) in [5.41, 5.74) is 1.09. The van der Waals surface area contributed by atoms with E-state index in [-0.39, 0.29) is 28.5 Å². The van der Waals surface area contributed by atoms with Crippen molar-refractivity contribution in [2.45, 2.75) is 6.92 Å². The first-order valence-electron chi connectivity index (χ1n) is 9.34. The first kappa shape index (κ1) is 23.4. The topological polar surface area (TPSA) is 146 Å². The zero-order valence-corrected chi connectivity index (χ0v) is 18.5. The minimum Gasteiger partial charge on any atom is -0.465 e. The third kappa shape index (κ3) is 5.33. The number of nitrogens with one attached hydrogen (secondary N) is 2. The highest BCUT2D eigenvalue weighted by Crippen LogP contribution is 2.34. The summed E-state index contributed by atoms with van der Waals surface area (Å²) in [6.45, 7) is 1.80. The fourth-order valence-corrected chi connectivity index (χ4v) is 3.07. The second-order valence-corrected chi connectivity index (χ2v) is 7.10. The SMILES string of the molecule is COC(=O)c1cc(Nc2ncnc(Nc3cc(Cl)ccc3C)c2[N+](=O)[O-])cc(C(=O)OC)c1. The van der Waals surface area contributed by atoms with E-state index >= 15 is 0 Å². The van der Waals surface area contributed by atoms with Crippen LogP contribution in [0.4, 0.5) is 28.7 Å². The van der Waals surface area contributed by atoms with E-state index < -0.39 is 22.5 Å². The summed E-state index contributed by atoms with van der Waals surface area (Å²) < 4.78 is 9.41. The number of aromatic nitrogens is 2. The van der Waals surface area contributed by atoms with E-state index in [2.05, 4.69) is 20.6 Å². The van der Waals surface area contributed by atoms with Crippen LogP contribution in [0.1, 0.15) is 26.3 Å². The fraction of sp³-hybridized carbons (Fsp3) is 0.143. The second kappa shape index (κ2) is 9.92. The van der Waals surface area contributed by atoms with Crippen LogP contribution in [0.15, 0.2) is 42.7 Å². The smallest absolute Gasteiger partial charge is 0.353 e. The summed E-state index contributed by atoms with van der Waals surface area (Å²) in [7, 11) is 2.37. The standard InChI is InChI=1S/C21H18ClN5O6/c1-11-4-5-14(22)9-16(11)26-19-17(27(30)31)18(23-10-24-19)25-15-7-12(20(28)32-2)6-13(8-15)21(29)33-3/h4-10H,1-3H3,(H2,23,24,25,26). The van der Waals surface area contributed by atoms with E-state index in [1.165, 1.54) is 32.4 Å². The van der Waals surface area contributed by atoms with Gasteiger partial charge in [-0.2, -0.15) is 0 Å². The molecule has 1 heterocycles. The molecule has 11 nitrogen and oxygen atoms in total. The van der Waals surface area contributed by atoms with Crippen LogP contribution in [0.3, 0.4) is 0 Å². The lowest BCUT2D eigenvalue weighted by atomic mass is 10.1. The van der Waals surface area contributed by atoms with Crippen molar-refractivity contribution in [1.29, 1.82) is 0 Å². The van der Waals surface area contributed by atoms with Crippen LogP contribution in [-0.2, 0) is 9.47 Å². The van der Waals surface area contributed by atoms with E-state index in [4.69, 9.17) is 21.1 Å². The molecule has 0 saturated carbocycles. The zero-order chi connectivity index (χ0) is 24.1. The van der Waals surface area contributed by atoms with Gasteiger partial charge in [0.2, 0.25) is 11.6 Å². The zero-order valence-electron chi connectivity index (χ0n) is 17.7. The van der Waals surface area contributed by atoms with Gasteiger partial charge in [-0.15, -0.1) is 0 Å². The number of rotatable bonds is 7. The molecule has 2 N–H and O–H groups in total. The van der Waals surface area contributed by atoms with Gasteiger partial charge in [-0.3, -0.25) is 10.1 Å². The molecule has 12 heteroatoms. The van der Waals surface area contributed by atoms with Gasteiger partial charge in [0.25, 0.3) is 0 Å². The van der Waals surface area contributed by atoms with Crippen molar-refractivity contribution in [2.24, 2.45) is 0 Å². The maximum absolute atomic E-state index is 12.0. The highest BCUT2D eigenvalue weighted by atomic mass is 35.5. The van der Waals surface area contributed by atoms with Gasteiger partial charge >= 0.3 is 17.6 Å². The second-order valence-electron chi connectivity index (χ2n) is 6.67. The number of ether oxygens (including phenoxy) is 2. The van der Waals surface area contributed by atoms with Gasteiger partial charge in [0, 0.05) is 16.4 Å². The Morgan fingerprint density at radius 3 is 2.09 bits per heavy atom. The van der Waals surface area contributed by atoms with Gasteiger partial charge in [0.1, 0.15) is 6.33 Å². The molecule has 0 aliphatic carbocycles. The Kier molecular flexibility index (Phi) is 7.04. The van der Waals surface area contributed by atoms with E-state index in [9.17, 15) is 19.7 Å². The van der Waals surface area contributed by atoms with Crippen molar-refractivity contribution < 1.29 is 24.0 Å². The van der Waals surface area contributed by atoms with E-state index in [1.54, 1.807) is 25.1 Å². The van der Waals surface area contributed by atoms with Gasteiger partial charge in [-0.1, -0.05) is 17.7 Å². The number of carbonyl (C=O) groups is 2. The summed E-state index contributed by atoms with van der Waals surface area (Å²) in [6, 6.07) is 9.06. The van der Waals surface area contributed by atoms with Crippen molar-refractivity contribution in [3.63, 3.8) is 0 Å². The molecule has 0 fully saturated rings. The summed E-state index contributed by atoms with van der Waals surface area (Å²) in [4.78, 5) is 43.2. The Labute approximate surface area is 192 Å². The predicted molar refractivity (Wildman–Crippen MR) is 121 cm³/mol. The van der Waals surface area contributed by atoms with Gasteiger partial charge in [-0.25, -0.2) is 19.6 Å². The molecular formula is C21H18ClN5O6. The fourth-order valence-electron chi connectivity index (χ4n) is 2.90. The molecule has 0 unspecified atom stereocenters. The quantitative estimate of drug-likeness (QED) is 0.288. The Bertz CT molecular complexity index is 1220. The lowest BCUT2D eigenvalue weighted by Crippen LogP contribution is -2.09. The third-order valence-corrected chi connectivity index (χ3v) is 4.73. The Morgan fingerprint density at radius 2 is 1.55 bits per heavy atom. The lowest BCUT2D eigenvalue weighted by molar-refractivity contribution is -0.383. The third-order valence-electron chi connectivity index (χ3n) is 4.50. The monoisotopic (exact) mass is 471 g/mol. The molecule has 2 aromatic carbocycles. The Morgan fingerprint density at radius 1 is 0.970 bits per heavy atom. The van der Waals surface area contributed by atoms with Crippen molar-refractivity contribution in [1.82, 2.24) is 9.97 Å². The number of anilines is 4. The van der Waals surface area contributed by atoms with Crippen LogP contribution in [0.2, 0.25) is 5.02 Å². The normalized spacial score (nSPS) is 10.3. The number of halogens is 1. The largest absolute Gasteiger partial charge is 0.465 e. The molecule has 0 amide bonds. The average molecular weight is 472 g/mol. The van der Waals surface area contributed by atoms with Gasteiger partial charge < -0.3 is 20.1 Å². The number of carbonyl (C=O) groups excluding carboxylic acids is 2. The highest BCUT2D eigenvalue weighted by Gasteiger charge is 2.24. The summed E-state index contributed by atoms with van der Waals surface area (Å²) in [6.07, 6.45) is 1.13. The molecule has 0 bridgehead atoms. The number of aryl methyl sites for hydroxylation is 1. The molecule has 0 spiro atoms. The lowest BCUT2D eigenvalue weighted by Gasteiger charge is -2.13. The molecule has 3 aromatic rings. The van der Waals surface area contributed by atoms with Crippen molar-refractivity contribution in [3.05, 3.63) is 74.6 Å². The number of esters is 2. The minimum absolute atomic E-state index is 0.0347. The van der Waals surface area contributed by atoms with Crippen LogP contribution in [0.25, 0.3) is 0 Å². The average Bonchev–Trinajstić information content (AvgIpc) is 2.80. The number of hydrogen-bond donors (Lipinski definition) is 2. The number of methoxy groups -OCH3 is 2. The van der Waals surface area contributed by atoms with Gasteiger partial charge in [0.15, 0.2) is 0 Å². The van der Waals surface area contributed by atoms with Crippen LogP contribution >= 0.6 is 11.6 Å². The number of benzene rings is 2. The molecule has 0 atom stereocenters. The minimum atomic E-state index is -0.709. The van der Waals surface area contributed by atoms with Crippen LogP contribution in [0, 0.1) is 17.0 Å². The molecule has 3 rings (SSSR count). The summed E-state index contributed by atoms with van der Waals surface area (Å²) >= 11 is 6.03. The molecule has 0 aliphatic rings. The molecule has 0 saturated heterocycles. The van der Waals surface area contributed by atoms with Crippen molar-refractivity contribution in [2.75, 3.05) is 24.9 Å². The molecule has 33 heavy (non-hydrogen) atoms. The molecule has 0 radical (unpaired) electrons. The summed E-state index contributed by atoms with van der Waals surface area (Å²) in [5, 5.41) is 18.0. The summed E-state index contributed by atoms with van der Waals surface area (Å²) in [5.74, 6) is -1.67. The van der Waals surface area contributed by atoms with Gasteiger partial charge in [0.05, 0.1) is 30.3 Å². The van der Waals surface area contributed by atoms with E-state index in [0.717, 1.165) is 11.9 Å². The Balaban J connectivity index is 2.06. The Hall–Kier alpha value is -4.25. The molecule has 170 valence electrons. The molecular weight excluding hydrogens is 454 g/mol. The first-order valence-corrected chi connectivity index (χ1v) is 9.72. The van der Waals surface area contributed by atoms with Crippen LogP contribution in [0.5, 0.6) is 0 Å². The maximum atomic E-state index is 12.0. The number of nitro groups is 1. The maximum Gasteiger partial charge on any atom is 0.353 e. The number of nitrogens with zero attached hydrogens (tertiary/aromatic N) is 3. The number of hydrogen-bond acceptors (Lipinski definition) is 10. The van der Waals surface area contributed by atoms with Crippen molar-refractivity contribution >= 4 is 52.2 Å². The predicted octanol–water partition coefficient (Wildman–Crippen LogP) is 4.41. The van der Waals surface area contributed by atoms with Crippen LogP contribution in [-0.4, -0.2) is 41.0 Å². The molecule has 0 aliphatic heterocycles. The van der Waals surface area contributed by atoms with Crippen molar-refractivity contribution in [3.8, 4) is 0 Å². The van der Waals surface area contributed by atoms with E-state index in [0.29, 0.717) is 10.7 Å².